The Balaban J connectivity index is 0.00000484. The summed E-state index contributed by atoms with van der Waals surface area (Å²) in [5.41, 5.74) is 1.10. The molecule has 0 amide bonds. The standard InChI is InChI=1S/C17H29N3O2.HI/c1-6-13(3)20-17(18-7-2)19-11-10-14-12-15(21-4)8-9-16(14)22-5;/h8-9,12-13H,6-7,10-11H2,1-5H3,(H2,18,19,20);1H. The lowest BCUT2D eigenvalue weighted by atomic mass is 10.1. The van der Waals surface area contributed by atoms with E-state index in [2.05, 4.69) is 36.4 Å². The van der Waals surface area contributed by atoms with E-state index in [0.29, 0.717) is 12.6 Å². The number of rotatable bonds is 8. The van der Waals surface area contributed by atoms with Gasteiger partial charge in [0.2, 0.25) is 0 Å². The second-order valence-electron chi connectivity index (χ2n) is 5.14. The lowest BCUT2D eigenvalue weighted by molar-refractivity contribution is 0.399. The molecule has 0 aromatic heterocycles. The first kappa shape index (κ1) is 21.8. The van der Waals surface area contributed by atoms with Gasteiger partial charge in [0.15, 0.2) is 5.96 Å². The third-order valence-corrected chi connectivity index (χ3v) is 3.48. The SMILES string of the molecule is CCNC(=NCCc1cc(OC)ccc1OC)NC(C)CC.I. The van der Waals surface area contributed by atoms with Crippen molar-refractivity contribution in [2.75, 3.05) is 27.3 Å². The van der Waals surface area contributed by atoms with Gasteiger partial charge in [0.25, 0.3) is 0 Å². The first-order chi connectivity index (χ1) is 10.6. The highest BCUT2D eigenvalue weighted by Crippen LogP contribution is 2.24. The molecule has 6 heteroatoms. The minimum absolute atomic E-state index is 0. The number of benzene rings is 1. The van der Waals surface area contributed by atoms with Crippen molar-refractivity contribution in [1.29, 1.82) is 0 Å². The Bertz CT molecular complexity index is 481. The number of guanidine groups is 1. The van der Waals surface area contributed by atoms with E-state index in [9.17, 15) is 0 Å². The summed E-state index contributed by atoms with van der Waals surface area (Å²) in [5.74, 6) is 2.57. The Hall–Kier alpha value is -1.18. The van der Waals surface area contributed by atoms with Gasteiger partial charge in [-0.1, -0.05) is 6.92 Å². The van der Waals surface area contributed by atoms with Crippen LogP contribution in [-0.2, 0) is 6.42 Å². The van der Waals surface area contributed by atoms with Crippen LogP contribution in [0, 0.1) is 0 Å². The number of nitrogens with zero attached hydrogens (tertiary/aromatic N) is 1. The smallest absolute Gasteiger partial charge is 0.191 e. The topological polar surface area (TPSA) is 54.9 Å². The van der Waals surface area contributed by atoms with Gasteiger partial charge in [-0.3, -0.25) is 4.99 Å². The largest absolute Gasteiger partial charge is 0.497 e. The first-order valence-corrected chi connectivity index (χ1v) is 7.90. The summed E-state index contributed by atoms with van der Waals surface area (Å²) in [6, 6.07) is 6.24. The normalized spacial score (nSPS) is 12.1. The average molecular weight is 435 g/mol. The Kier molecular flexibility index (Phi) is 11.6. The molecule has 2 N–H and O–H groups in total. The molecular formula is C17H30IN3O2. The van der Waals surface area contributed by atoms with E-state index < -0.39 is 0 Å². The Morgan fingerprint density at radius 3 is 2.52 bits per heavy atom. The molecule has 0 saturated carbocycles. The summed E-state index contributed by atoms with van der Waals surface area (Å²) in [4.78, 5) is 4.63. The van der Waals surface area contributed by atoms with Crippen LogP contribution in [0.2, 0.25) is 0 Å². The lowest BCUT2D eigenvalue weighted by Gasteiger charge is -2.16. The van der Waals surface area contributed by atoms with Gasteiger partial charge < -0.3 is 20.1 Å². The molecule has 0 radical (unpaired) electrons. The summed E-state index contributed by atoms with van der Waals surface area (Å²) in [7, 11) is 3.35. The van der Waals surface area contributed by atoms with E-state index in [4.69, 9.17) is 9.47 Å². The maximum atomic E-state index is 5.40. The molecule has 0 aliphatic rings. The van der Waals surface area contributed by atoms with Crippen LogP contribution in [0.3, 0.4) is 0 Å². The third-order valence-electron chi connectivity index (χ3n) is 3.48. The molecule has 0 aliphatic carbocycles. The van der Waals surface area contributed by atoms with E-state index in [-0.39, 0.29) is 24.0 Å². The van der Waals surface area contributed by atoms with E-state index >= 15 is 0 Å². The number of hydrogen-bond acceptors (Lipinski definition) is 3. The molecule has 23 heavy (non-hydrogen) atoms. The zero-order chi connectivity index (χ0) is 16.4. The second-order valence-corrected chi connectivity index (χ2v) is 5.14. The molecule has 0 heterocycles. The highest BCUT2D eigenvalue weighted by molar-refractivity contribution is 14.0. The van der Waals surface area contributed by atoms with E-state index in [0.717, 1.165) is 42.4 Å². The molecule has 0 saturated heterocycles. The number of nitrogens with one attached hydrogen (secondary N) is 2. The summed E-state index contributed by atoms with van der Waals surface area (Å²) in [5, 5.41) is 6.66. The minimum atomic E-state index is 0. The molecule has 132 valence electrons. The van der Waals surface area contributed by atoms with Gasteiger partial charge >= 0.3 is 0 Å². The van der Waals surface area contributed by atoms with Gasteiger partial charge in [0, 0.05) is 19.1 Å². The molecule has 1 aromatic carbocycles. The van der Waals surface area contributed by atoms with E-state index in [1.54, 1.807) is 14.2 Å². The van der Waals surface area contributed by atoms with Crippen molar-refractivity contribution in [2.45, 2.75) is 39.7 Å². The summed E-state index contributed by atoms with van der Waals surface area (Å²) in [6.07, 6.45) is 1.87. The number of ether oxygens (including phenoxy) is 2. The first-order valence-electron chi connectivity index (χ1n) is 7.90. The van der Waals surface area contributed by atoms with Crippen molar-refractivity contribution in [3.63, 3.8) is 0 Å². The highest BCUT2D eigenvalue weighted by atomic mass is 127. The average Bonchev–Trinajstić information content (AvgIpc) is 2.54. The van der Waals surface area contributed by atoms with Crippen LogP contribution in [0.5, 0.6) is 11.5 Å². The molecule has 5 nitrogen and oxygen atoms in total. The molecule has 0 spiro atoms. The van der Waals surface area contributed by atoms with Crippen LogP contribution in [-0.4, -0.2) is 39.3 Å². The zero-order valence-corrected chi connectivity index (χ0v) is 17.1. The van der Waals surface area contributed by atoms with Gasteiger partial charge in [-0.15, -0.1) is 24.0 Å². The molecule has 0 bridgehead atoms. The zero-order valence-electron chi connectivity index (χ0n) is 14.8. The Morgan fingerprint density at radius 1 is 1.22 bits per heavy atom. The fourth-order valence-electron chi connectivity index (χ4n) is 2.02. The predicted molar refractivity (Wildman–Crippen MR) is 108 cm³/mol. The fourth-order valence-corrected chi connectivity index (χ4v) is 2.02. The van der Waals surface area contributed by atoms with Crippen LogP contribution in [0.1, 0.15) is 32.8 Å². The van der Waals surface area contributed by atoms with Gasteiger partial charge in [-0.25, -0.2) is 0 Å². The number of halogens is 1. The molecule has 0 fully saturated rings. The van der Waals surface area contributed by atoms with Crippen LogP contribution in [0.4, 0.5) is 0 Å². The molecular weight excluding hydrogens is 405 g/mol. The number of aliphatic imine (C=N–C) groups is 1. The fraction of sp³-hybridized carbons (Fsp3) is 0.588. The van der Waals surface area contributed by atoms with Crippen molar-refractivity contribution in [3.8, 4) is 11.5 Å². The maximum absolute atomic E-state index is 5.40. The number of hydrogen-bond donors (Lipinski definition) is 2. The highest BCUT2D eigenvalue weighted by Gasteiger charge is 2.06. The molecule has 1 unspecified atom stereocenters. The van der Waals surface area contributed by atoms with Crippen molar-refractivity contribution < 1.29 is 9.47 Å². The minimum Gasteiger partial charge on any atom is -0.497 e. The summed E-state index contributed by atoms with van der Waals surface area (Å²) < 4.78 is 10.7. The van der Waals surface area contributed by atoms with Crippen LogP contribution >= 0.6 is 24.0 Å². The van der Waals surface area contributed by atoms with Crippen molar-refractivity contribution in [2.24, 2.45) is 4.99 Å². The van der Waals surface area contributed by atoms with Crippen molar-refractivity contribution in [1.82, 2.24) is 10.6 Å². The van der Waals surface area contributed by atoms with Gasteiger partial charge in [-0.2, -0.15) is 0 Å². The quantitative estimate of drug-likeness (QED) is 0.374. The third kappa shape index (κ3) is 7.76. The number of methoxy groups -OCH3 is 2. The molecule has 1 rings (SSSR count). The van der Waals surface area contributed by atoms with Crippen molar-refractivity contribution in [3.05, 3.63) is 23.8 Å². The Morgan fingerprint density at radius 2 is 1.96 bits per heavy atom. The molecule has 0 aliphatic heterocycles. The van der Waals surface area contributed by atoms with Gasteiger partial charge in [0.1, 0.15) is 11.5 Å². The Labute approximate surface area is 157 Å². The van der Waals surface area contributed by atoms with E-state index in [1.807, 2.05) is 18.2 Å². The van der Waals surface area contributed by atoms with Gasteiger partial charge in [-0.05, 0) is 50.5 Å². The van der Waals surface area contributed by atoms with Gasteiger partial charge in [0.05, 0.1) is 14.2 Å². The molecule has 1 atom stereocenters. The van der Waals surface area contributed by atoms with Crippen LogP contribution in [0.15, 0.2) is 23.2 Å². The maximum Gasteiger partial charge on any atom is 0.191 e. The summed E-state index contributed by atoms with van der Waals surface area (Å²) in [6.45, 7) is 7.92. The lowest BCUT2D eigenvalue weighted by Crippen LogP contribution is -2.42. The second kappa shape index (κ2) is 12.3. The van der Waals surface area contributed by atoms with E-state index in [1.165, 1.54) is 0 Å². The van der Waals surface area contributed by atoms with Crippen LogP contribution in [0.25, 0.3) is 0 Å². The predicted octanol–water partition coefficient (Wildman–Crippen LogP) is 3.22. The summed E-state index contributed by atoms with van der Waals surface area (Å²) >= 11 is 0. The van der Waals surface area contributed by atoms with Crippen molar-refractivity contribution >= 4 is 29.9 Å². The monoisotopic (exact) mass is 435 g/mol. The van der Waals surface area contributed by atoms with Crippen LogP contribution < -0.4 is 20.1 Å². The molecule has 1 aromatic rings.